The summed E-state index contributed by atoms with van der Waals surface area (Å²) in [6.45, 7) is 8.71. The molecule has 0 spiro atoms. The predicted molar refractivity (Wildman–Crippen MR) is 84.7 cm³/mol. The Labute approximate surface area is 120 Å². The summed E-state index contributed by atoms with van der Waals surface area (Å²) in [5, 5.41) is 4.00. The molecule has 5 heteroatoms. The molecule has 1 amide bonds. The molecule has 0 aliphatic carbocycles. The van der Waals surface area contributed by atoms with Gasteiger partial charge in [-0.25, -0.2) is 0 Å². The molecule has 0 saturated heterocycles. The van der Waals surface area contributed by atoms with Crippen LogP contribution in [0, 0.1) is 0 Å². The normalized spacial score (nSPS) is 11.6. The van der Waals surface area contributed by atoms with Gasteiger partial charge in [0, 0.05) is 30.6 Å². The van der Waals surface area contributed by atoms with Gasteiger partial charge in [-0.05, 0) is 49.8 Å². The Morgan fingerprint density at radius 2 is 2.10 bits per heavy atom. The van der Waals surface area contributed by atoms with Crippen molar-refractivity contribution in [3.8, 4) is 5.75 Å². The summed E-state index contributed by atoms with van der Waals surface area (Å²) in [5.41, 5.74) is 2.31. The molecule has 0 radical (unpaired) electrons. The van der Waals surface area contributed by atoms with Crippen molar-refractivity contribution in [1.29, 1.82) is 0 Å². The zero-order chi connectivity index (χ0) is 14.8. The largest absolute Gasteiger partial charge is 0.544 e. The molecule has 1 heterocycles. The van der Waals surface area contributed by atoms with Crippen LogP contribution in [0.2, 0.25) is 19.6 Å². The van der Waals surface area contributed by atoms with E-state index in [0.29, 0.717) is 6.54 Å². The van der Waals surface area contributed by atoms with Crippen molar-refractivity contribution in [1.82, 2.24) is 10.3 Å². The molecule has 1 aromatic carbocycles. The first-order chi connectivity index (χ1) is 9.35. The van der Waals surface area contributed by atoms with Gasteiger partial charge in [0.1, 0.15) is 5.75 Å². The van der Waals surface area contributed by atoms with E-state index in [1.807, 2.05) is 18.3 Å². The molecule has 2 aromatic rings. The fourth-order valence-corrected chi connectivity index (χ4v) is 2.99. The van der Waals surface area contributed by atoms with Gasteiger partial charge in [0.2, 0.25) is 14.2 Å². The standard InChI is InChI=1S/C15H22N2O2Si/c1-11(18)16-8-7-12-10-17-15-6-5-13(9-14(12)15)19-20(2,3)4/h5-6,9-10,17H,7-8H2,1-4H3,(H,16,18). The van der Waals surface area contributed by atoms with E-state index in [2.05, 4.69) is 36.0 Å². The zero-order valence-electron chi connectivity index (χ0n) is 12.5. The van der Waals surface area contributed by atoms with Crippen molar-refractivity contribution in [3.63, 3.8) is 0 Å². The van der Waals surface area contributed by atoms with Crippen molar-refractivity contribution < 1.29 is 9.22 Å². The summed E-state index contributed by atoms with van der Waals surface area (Å²) in [5.74, 6) is 0.935. The number of H-pyrrole nitrogens is 1. The lowest BCUT2D eigenvalue weighted by Crippen LogP contribution is -2.29. The number of benzene rings is 1. The average Bonchev–Trinajstić information content (AvgIpc) is 2.69. The molecular weight excluding hydrogens is 268 g/mol. The average molecular weight is 290 g/mol. The maximum absolute atomic E-state index is 10.9. The maximum Gasteiger partial charge on any atom is 0.242 e. The minimum atomic E-state index is -1.59. The van der Waals surface area contributed by atoms with Gasteiger partial charge < -0.3 is 14.7 Å². The number of carbonyl (C=O) groups is 1. The number of hydrogen-bond donors (Lipinski definition) is 2. The second-order valence-corrected chi connectivity index (χ2v) is 10.4. The van der Waals surface area contributed by atoms with Crippen LogP contribution in [0.5, 0.6) is 5.75 Å². The number of hydrogen-bond acceptors (Lipinski definition) is 2. The van der Waals surface area contributed by atoms with Crippen molar-refractivity contribution >= 4 is 25.1 Å². The molecule has 0 aliphatic rings. The van der Waals surface area contributed by atoms with Crippen LogP contribution in [0.15, 0.2) is 24.4 Å². The fraction of sp³-hybridized carbons (Fsp3) is 0.400. The van der Waals surface area contributed by atoms with Gasteiger partial charge in [-0.1, -0.05) is 0 Å². The second-order valence-electron chi connectivity index (χ2n) is 5.97. The number of aromatic amines is 1. The van der Waals surface area contributed by atoms with Gasteiger partial charge in [-0.3, -0.25) is 4.79 Å². The first-order valence-electron chi connectivity index (χ1n) is 6.88. The molecule has 0 fully saturated rings. The highest BCUT2D eigenvalue weighted by Crippen LogP contribution is 2.25. The molecule has 2 rings (SSSR count). The summed E-state index contributed by atoms with van der Waals surface area (Å²) in [4.78, 5) is 14.2. The third kappa shape index (κ3) is 3.87. The molecule has 0 atom stereocenters. The lowest BCUT2D eigenvalue weighted by atomic mass is 10.1. The van der Waals surface area contributed by atoms with Gasteiger partial charge in [0.05, 0.1) is 0 Å². The SMILES string of the molecule is CC(=O)NCCc1c[nH]c2ccc(O[Si](C)(C)C)cc12. The van der Waals surface area contributed by atoms with Gasteiger partial charge >= 0.3 is 0 Å². The van der Waals surface area contributed by atoms with E-state index in [4.69, 9.17) is 4.43 Å². The summed E-state index contributed by atoms with van der Waals surface area (Å²) in [6, 6.07) is 6.15. The van der Waals surface area contributed by atoms with E-state index in [9.17, 15) is 4.79 Å². The number of fused-ring (bicyclic) bond motifs is 1. The van der Waals surface area contributed by atoms with E-state index in [0.717, 1.165) is 17.7 Å². The Balaban J connectivity index is 2.19. The third-order valence-corrected chi connectivity index (χ3v) is 3.78. The minimum absolute atomic E-state index is 0.00703. The topological polar surface area (TPSA) is 54.1 Å². The summed E-state index contributed by atoms with van der Waals surface area (Å²) in [6.07, 6.45) is 2.82. The van der Waals surface area contributed by atoms with Gasteiger partial charge in [0.25, 0.3) is 0 Å². The van der Waals surface area contributed by atoms with Crippen LogP contribution in [0.3, 0.4) is 0 Å². The number of aromatic nitrogens is 1. The zero-order valence-corrected chi connectivity index (χ0v) is 13.5. The number of amides is 1. The highest BCUT2D eigenvalue weighted by Gasteiger charge is 2.16. The van der Waals surface area contributed by atoms with Crippen LogP contribution in [-0.2, 0) is 11.2 Å². The highest BCUT2D eigenvalue weighted by molar-refractivity contribution is 6.70. The first-order valence-corrected chi connectivity index (χ1v) is 10.3. The van der Waals surface area contributed by atoms with Crippen LogP contribution in [0.25, 0.3) is 10.9 Å². The molecule has 0 aliphatic heterocycles. The van der Waals surface area contributed by atoms with Gasteiger partial charge in [0.15, 0.2) is 0 Å². The first kappa shape index (κ1) is 14.7. The molecular formula is C15H22N2O2Si. The Morgan fingerprint density at radius 3 is 2.75 bits per heavy atom. The lowest BCUT2D eigenvalue weighted by Gasteiger charge is -2.19. The Hall–Kier alpha value is -1.75. The van der Waals surface area contributed by atoms with E-state index in [1.54, 1.807) is 0 Å². The van der Waals surface area contributed by atoms with Crippen LogP contribution < -0.4 is 9.74 Å². The molecule has 4 nitrogen and oxygen atoms in total. The van der Waals surface area contributed by atoms with Gasteiger partial charge in [-0.2, -0.15) is 0 Å². The predicted octanol–water partition coefficient (Wildman–Crippen LogP) is 3.06. The smallest absolute Gasteiger partial charge is 0.242 e. The number of nitrogens with one attached hydrogen (secondary N) is 2. The molecule has 1 aromatic heterocycles. The van der Waals surface area contributed by atoms with Crippen molar-refractivity contribution in [3.05, 3.63) is 30.0 Å². The van der Waals surface area contributed by atoms with Crippen LogP contribution in [0.4, 0.5) is 0 Å². The fourth-order valence-electron chi connectivity index (χ4n) is 2.15. The second kappa shape index (κ2) is 5.71. The van der Waals surface area contributed by atoms with E-state index in [1.165, 1.54) is 17.9 Å². The van der Waals surface area contributed by atoms with Crippen LogP contribution in [0.1, 0.15) is 12.5 Å². The molecule has 108 valence electrons. The lowest BCUT2D eigenvalue weighted by molar-refractivity contribution is -0.118. The van der Waals surface area contributed by atoms with Crippen molar-refractivity contribution in [2.75, 3.05) is 6.54 Å². The quantitative estimate of drug-likeness (QED) is 0.832. The number of carbonyl (C=O) groups excluding carboxylic acids is 1. The Morgan fingerprint density at radius 1 is 1.35 bits per heavy atom. The molecule has 2 N–H and O–H groups in total. The van der Waals surface area contributed by atoms with Crippen molar-refractivity contribution in [2.24, 2.45) is 0 Å². The summed E-state index contributed by atoms with van der Waals surface area (Å²) >= 11 is 0. The monoisotopic (exact) mass is 290 g/mol. The Kier molecular flexibility index (Phi) is 4.18. The van der Waals surface area contributed by atoms with E-state index in [-0.39, 0.29) is 5.91 Å². The molecule has 0 saturated carbocycles. The van der Waals surface area contributed by atoms with Crippen LogP contribution >= 0.6 is 0 Å². The van der Waals surface area contributed by atoms with E-state index >= 15 is 0 Å². The van der Waals surface area contributed by atoms with E-state index < -0.39 is 8.32 Å². The third-order valence-electron chi connectivity index (χ3n) is 2.93. The molecule has 20 heavy (non-hydrogen) atoms. The summed E-state index contributed by atoms with van der Waals surface area (Å²) in [7, 11) is -1.59. The molecule has 0 bridgehead atoms. The minimum Gasteiger partial charge on any atom is -0.544 e. The summed E-state index contributed by atoms with van der Waals surface area (Å²) < 4.78 is 6.03. The van der Waals surface area contributed by atoms with Crippen LogP contribution in [-0.4, -0.2) is 25.8 Å². The maximum atomic E-state index is 10.9. The Bertz CT molecular complexity index is 614. The number of rotatable bonds is 5. The van der Waals surface area contributed by atoms with Crippen molar-refractivity contribution in [2.45, 2.75) is 33.0 Å². The van der Waals surface area contributed by atoms with Gasteiger partial charge in [-0.15, -0.1) is 0 Å². The highest BCUT2D eigenvalue weighted by atomic mass is 28.4. The molecule has 0 unspecified atom stereocenters.